The van der Waals surface area contributed by atoms with Crippen LogP contribution in [0.2, 0.25) is 5.02 Å². The summed E-state index contributed by atoms with van der Waals surface area (Å²) >= 11 is 6.05. The van der Waals surface area contributed by atoms with Gasteiger partial charge in [-0.05, 0) is 68.8 Å². The Morgan fingerprint density at radius 1 is 1.08 bits per heavy atom. The second kappa shape index (κ2) is 6.93. The van der Waals surface area contributed by atoms with Crippen molar-refractivity contribution < 1.29 is 13.2 Å². The molecule has 0 radical (unpaired) electrons. The highest BCUT2D eigenvalue weighted by atomic mass is 35.5. The number of hydrogen-bond donors (Lipinski definition) is 2. The Labute approximate surface area is 147 Å². The molecule has 0 fully saturated rings. The number of nitrogens with one attached hydrogen (secondary N) is 2. The Morgan fingerprint density at radius 2 is 1.75 bits per heavy atom. The molecule has 2 N–H and O–H groups in total. The zero-order valence-corrected chi connectivity index (χ0v) is 15.5. The summed E-state index contributed by atoms with van der Waals surface area (Å²) in [6.45, 7) is 5.28. The van der Waals surface area contributed by atoms with Gasteiger partial charge in [0.2, 0.25) is 10.0 Å². The molecule has 0 aliphatic carbocycles. The van der Waals surface area contributed by atoms with Crippen molar-refractivity contribution in [3.8, 4) is 0 Å². The third-order valence-electron chi connectivity index (χ3n) is 3.96. The van der Waals surface area contributed by atoms with Gasteiger partial charge in [0, 0.05) is 16.3 Å². The molecule has 5 nitrogen and oxygen atoms in total. The van der Waals surface area contributed by atoms with Crippen LogP contribution in [0.15, 0.2) is 35.2 Å². The quantitative estimate of drug-likeness (QED) is 0.870. The van der Waals surface area contributed by atoms with Crippen molar-refractivity contribution in [2.75, 3.05) is 12.4 Å². The van der Waals surface area contributed by atoms with E-state index in [1.165, 1.54) is 13.1 Å². The lowest BCUT2D eigenvalue weighted by atomic mass is 10.1. The van der Waals surface area contributed by atoms with Crippen molar-refractivity contribution in [3.63, 3.8) is 0 Å². The average molecular weight is 367 g/mol. The Morgan fingerprint density at radius 3 is 2.38 bits per heavy atom. The van der Waals surface area contributed by atoms with Crippen molar-refractivity contribution in [2.45, 2.75) is 25.7 Å². The minimum Gasteiger partial charge on any atom is -0.322 e. The summed E-state index contributed by atoms with van der Waals surface area (Å²) in [5, 5.41) is 3.32. The molecule has 7 heteroatoms. The van der Waals surface area contributed by atoms with Crippen molar-refractivity contribution in [2.24, 2.45) is 0 Å². The Balaban J connectivity index is 2.46. The summed E-state index contributed by atoms with van der Waals surface area (Å²) in [7, 11) is -2.31. The number of carbonyl (C=O) groups is 1. The molecule has 0 unspecified atom stereocenters. The minimum absolute atomic E-state index is 0.0953. The van der Waals surface area contributed by atoms with Crippen molar-refractivity contribution in [3.05, 3.63) is 57.6 Å². The number of amides is 1. The zero-order valence-electron chi connectivity index (χ0n) is 13.9. The van der Waals surface area contributed by atoms with Gasteiger partial charge in [0.05, 0.1) is 4.90 Å². The third-order valence-corrected chi connectivity index (χ3v) is 5.91. The number of hydrogen-bond acceptors (Lipinski definition) is 3. The zero-order chi connectivity index (χ0) is 18.1. The predicted molar refractivity (Wildman–Crippen MR) is 96.3 cm³/mol. The molecule has 1 amide bonds. The molecule has 0 atom stereocenters. The molecular weight excluding hydrogens is 348 g/mol. The maximum Gasteiger partial charge on any atom is 0.255 e. The largest absolute Gasteiger partial charge is 0.322 e. The molecular formula is C17H19ClN2O3S. The molecule has 0 saturated carbocycles. The smallest absolute Gasteiger partial charge is 0.255 e. The third kappa shape index (κ3) is 3.61. The monoisotopic (exact) mass is 366 g/mol. The number of benzene rings is 2. The average Bonchev–Trinajstić information content (AvgIpc) is 2.53. The number of sulfonamides is 1. The maximum absolute atomic E-state index is 12.5. The van der Waals surface area contributed by atoms with Crippen LogP contribution in [0.25, 0.3) is 0 Å². The summed E-state index contributed by atoms with van der Waals surface area (Å²) in [6.07, 6.45) is 0. The second-order valence-electron chi connectivity index (χ2n) is 5.49. The minimum atomic E-state index is -3.65. The standard InChI is InChI=1S/C17H19ClN2O3S/c1-10-8-13(9-16(11(10)2)24(22,23)19-4)17(21)20-15-7-5-6-14(18)12(15)3/h5-9,19H,1-4H3,(H,20,21). The first-order chi connectivity index (χ1) is 11.2. The van der Waals surface area contributed by atoms with Gasteiger partial charge in [0.1, 0.15) is 0 Å². The molecule has 0 saturated heterocycles. The SMILES string of the molecule is CNS(=O)(=O)c1cc(C(=O)Nc2cccc(Cl)c2C)cc(C)c1C. The molecule has 2 rings (SSSR count). The van der Waals surface area contributed by atoms with Gasteiger partial charge in [0.15, 0.2) is 0 Å². The van der Waals surface area contributed by atoms with Gasteiger partial charge < -0.3 is 5.32 Å². The van der Waals surface area contributed by atoms with Gasteiger partial charge in [-0.25, -0.2) is 13.1 Å². The molecule has 0 bridgehead atoms. The number of anilines is 1. The molecule has 0 heterocycles. The van der Waals surface area contributed by atoms with E-state index >= 15 is 0 Å². The summed E-state index contributed by atoms with van der Waals surface area (Å²) < 4.78 is 26.6. The fourth-order valence-corrected chi connectivity index (χ4v) is 3.53. The van der Waals surface area contributed by atoms with Gasteiger partial charge in [-0.3, -0.25) is 4.79 Å². The van der Waals surface area contributed by atoms with Crippen LogP contribution in [0.1, 0.15) is 27.0 Å². The van der Waals surface area contributed by atoms with Gasteiger partial charge in [0.25, 0.3) is 5.91 Å². The highest BCUT2D eigenvalue weighted by molar-refractivity contribution is 7.89. The van der Waals surface area contributed by atoms with Crippen LogP contribution >= 0.6 is 11.6 Å². The summed E-state index contributed by atoms with van der Waals surface area (Å²) in [5.41, 5.74) is 2.94. The lowest BCUT2D eigenvalue weighted by Crippen LogP contribution is -2.21. The summed E-state index contributed by atoms with van der Waals surface area (Å²) in [6, 6.07) is 8.26. The van der Waals surface area contributed by atoms with Crippen LogP contribution in [0.3, 0.4) is 0 Å². The molecule has 128 valence electrons. The Hall–Kier alpha value is -1.89. The first-order valence-electron chi connectivity index (χ1n) is 7.28. The highest BCUT2D eigenvalue weighted by Gasteiger charge is 2.19. The van der Waals surface area contributed by atoms with E-state index in [0.717, 1.165) is 11.1 Å². The second-order valence-corrected chi connectivity index (χ2v) is 7.75. The molecule has 0 spiro atoms. The summed E-state index contributed by atoms with van der Waals surface area (Å²) in [5.74, 6) is -0.393. The highest BCUT2D eigenvalue weighted by Crippen LogP contribution is 2.25. The van der Waals surface area contributed by atoms with Crippen LogP contribution in [0, 0.1) is 20.8 Å². The van der Waals surface area contributed by atoms with Crippen LogP contribution in [0.5, 0.6) is 0 Å². The van der Waals surface area contributed by atoms with Crippen molar-refractivity contribution in [1.82, 2.24) is 4.72 Å². The van der Waals surface area contributed by atoms with Gasteiger partial charge in [-0.15, -0.1) is 0 Å². The number of aryl methyl sites for hydroxylation is 1. The number of rotatable bonds is 4. The fourth-order valence-electron chi connectivity index (χ4n) is 2.28. The van der Waals surface area contributed by atoms with Crippen LogP contribution in [-0.4, -0.2) is 21.4 Å². The van der Waals surface area contributed by atoms with Crippen molar-refractivity contribution in [1.29, 1.82) is 0 Å². The number of halogens is 1. The molecule has 24 heavy (non-hydrogen) atoms. The van der Waals surface area contributed by atoms with Crippen LogP contribution < -0.4 is 10.0 Å². The van der Waals surface area contributed by atoms with E-state index in [2.05, 4.69) is 10.0 Å². The molecule has 0 aliphatic rings. The van der Waals surface area contributed by atoms with E-state index in [9.17, 15) is 13.2 Å². The normalized spacial score (nSPS) is 11.4. The predicted octanol–water partition coefficient (Wildman–Crippen LogP) is 3.43. The molecule has 0 aliphatic heterocycles. The van der Waals surface area contributed by atoms with E-state index < -0.39 is 15.9 Å². The van der Waals surface area contributed by atoms with E-state index in [1.54, 1.807) is 45.0 Å². The summed E-state index contributed by atoms with van der Waals surface area (Å²) in [4.78, 5) is 12.6. The van der Waals surface area contributed by atoms with Crippen LogP contribution in [0.4, 0.5) is 5.69 Å². The van der Waals surface area contributed by atoms with Gasteiger partial charge in [-0.1, -0.05) is 17.7 Å². The van der Waals surface area contributed by atoms with E-state index in [4.69, 9.17) is 11.6 Å². The first-order valence-corrected chi connectivity index (χ1v) is 9.14. The van der Waals surface area contributed by atoms with E-state index in [1.807, 2.05) is 0 Å². The molecule has 2 aromatic carbocycles. The number of carbonyl (C=O) groups excluding carboxylic acids is 1. The molecule has 0 aromatic heterocycles. The maximum atomic E-state index is 12.5. The van der Waals surface area contributed by atoms with Gasteiger partial charge >= 0.3 is 0 Å². The van der Waals surface area contributed by atoms with Gasteiger partial charge in [-0.2, -0.15) is 0 Å². The molecule has 2 aromatic rings. The Bertz CT molecular complexity index is 908. The lowest BCUT2D eigenvalue weighted by molar-refractivity contribution is 0.102. The van der Waals surface area contributed by atoms with Crippen molar-refractivity contribution >= 4 is 33.2 Å². The van der Waals surface area contributed by atoms with E-state index in [0.29, 0.717) is 16.3 Å². The fraction of sp³-hybridized carbons (Fsp3) is 0.235. The lowest BCUT2D eigenvalue weighted by Gasteiger charge is -2.13. The first kappa shape index (κ1) is 18.4. The van der Waals surface area contributed by atoms with Crippen LogP contribution in [-0.2, 0) is 10.0 Å². The topological polar surface area (TPSA) is 75.3 Å². The Kier molecular flexibility index (Phi) is 5.32. The van der Waals surface area contributed by atoms with E-state index in [-0.39, 0.29) is 10.5 Å².